The summed E-state index contributed by atoms with van der Waals surface area (Å²) in [4.78, 5) is 35.2. The number of anilines is 2. The van der Waals surface area contributed by atoms with Gasteiger partial charge in [0.15, 0.2) is 0 Å². The van der Waals surface area contributed by atoms with Crippen LogP contribution in [0.5, 0.6) is 0 Å². The van der Waals surface area contributed by atoms with Gasteiger partial charge in [-0.3, -0.25) is 14.5 Å². The van der Waals surface area contributed by atoms with Gasteiger partial charge in [-0.1, -0.05) is 12.1 Å². The monoisotopic (exact) mass is 384 g/mol. The second-order valence-corrected chi connectivity index (χ2v) is 6.46. The molecule has 1 aliphatic rings. The number of carbonyl (C=O) groups excluding carboxylic acids is 2. The molecular weight excluding hydrogens is 360 g/mol. The first kappa shape index (κ1) is 19.7. The third-order valence-corrected chi connectivity index (χ3v) is 4.34. The van der Waals surface area contributed by atoms with E-state index in [0.29, 0.717) is 23.5 Å². The van der Waals surface area contributed by atoms with E-state index in [1.807, 2.05) is 0 Å². The van der Waals surface area contributed by atoms with Gasteiger partial charge in [0.25, 0.3) is 11.8 Å². The van der Waals surface area contributed by atoms with Crippen molar-refractivity contribution < 1.29 is 14.3 Å². The molecular formula is C19H24N6O3. The van der Waals surface area contributed by atoms with E-state index in [2.05, 4.69) is 25.5 Å². The number of hydrogen-bond acceptors (Lipinski definition) is 7. The first-order chi connectivity index (χ1) is 13.5. The fourth-order valence-corrected chi connectivity index (χ4v) is 2.93. The van der Waals surface area contributed by atoms with E-state index in [-0.39, 0.29) is 17.5 Å². The predicted octanol–water partition coefficient (Wildman–Crippen LogP) is 0.682. The van der Waals surface area contributed by atoms with E-state index in [9.17, 15) is 9.59 Å². The van der Waals surface area contributed by atoms with Crippen molar-refractivity contribution in [3.8, 4) is 0 Å². The molecule has 0 saturated carbocycles. The van der Waals surface area contributed by atoms with Crippen LogP contribution in [-0.2, 0) is 4.74 Å². The van der Waals surface area contributed by atoms with Crippen molar-refractivity contribution in [2.75, 3.05) is 50.4 Å². The van der Waals surface area contributed by atoms with Crippen LogP contribution in [-0.4, -0.2) is 66.1 Å². The van der Waals surface area contributed by atoms with Gasteiger partial charge < -0.3 is 21.1 Å². The second-order valence-electron chi connectivity index (χ2n) is 6.46. The molecule has 1 fully saturated rings. The molecule has 1 saturated heterocycles. The number of carbonyl (C=O) groups is 2. The number of hydrogen-bond donors (Lipinski definition) is 3. The molecule has 0 aliphatic carbocycles. The van der Waals surface area contributed by atoms with Gasteiger partial charge in [-0.05, 0) is 25.1 Å². The van der Waals surface area contributed by atoms with Crippen molar-refractivity contribution in [3.05, 3.63) is 47.3 Å². The van der Waals surface area contributed by atoms with Crippen LogP contribution in [0.2, 0.25) is 0 Å². The molecule has 0 bridgehead atoms. The van der Waals surface area contributed by atoms with Crippen LogP contribution in [0.4, 0.5) is 11.6 Å². The first-order valence-corrected chi connectivity index (χ1v) is 9.13. The highest BCUT2D eigenvalue weighted by Gasteiger charge is 2.16. The largest absolute Gasteiger partial charge is 0.379 e. The molecule has 0 radical (unpaired) electrons. The minimum absolute atomic E-state index is 0.0271. The molecule has 148 valence electrons. The maximum atomic E-state index is 12.6. The second kappa shape index (κ2) is 9.25. The SMILES string of the molecule is Cc1cc(C(=O)Nc2ccccc2C(=O)NCCN2CCOCC2)nc(N)n1. The van der Waals surface area contributed by atoms with E-state index in [0.717, 1.165) is 32.8 Å². The average molecular weight is 384 g/mol. The molecule has 0 atom stereocenters. The van der Waals surface area contributed by atoms with Gasteiger partial charge >= 0.3 is 0 Å². The first-order valence-electron chi connectivity index (χ1n) is 9.13. The number of nitrogens with one attached hydrogen (secondary N) is 2. The van der Waals surface area contributed by atoms with Crippen LogP contribution in [0, 0.1) is 6.92 Å². The lowest BCUT2D eigenvalue weighted by atomic mass is 10.1. The van der Waals surface area contributed by atoms with E-state index in [4.69, 9.17) is 10.5 Å². The Morgan fingerprint density at radius 3 is 2.68 bits per heavy atom. The molecule has 1 aliphatic heterocycles. The van der Waals surface area contributed by atoms with Crippen molar-refractivity contribution in [2.24, 2.45) is 0 Å². The molecule has 28 heavy (non-hydrogen) atoms. The third-order valence-electron chi connectivity index (χ3n) is 4.34. The molecule has 4 N–H and O–H groups in total. The van der Waals surface area contributed by atoms with Crippen LogP contribution in [0.25, 0.3) is 0 Å². The number of nitrogens with two attached hydrogens (primary N) is 1. The lowest BCUT2D eigenvalue weighted by Gasteiger charge is -2.26. The van der Waals surface area contributed by atoms with Crippen LogP contribution >= 0.6 is 0 Å². The maximum absolute atomic E-state index is 12.6. The highest BCUT2D eigenvalue weighted by Crippen LogP contribution is 2.16. The topological polar surface area (TPSA) is 122 Å². The van der Waals surface area contributed by atoms with Gasteiger partial charge in [0.1, 0.15) is 5.69 Å². The number of nitrogens with zero attached hydrogens (tertiary/aromatic N) is 3. The highest BCUT2D eigenvalue weighted by molar-refractivity contribution is 6.08. The Labute approximate surface area is 163 Å². The summed E-state index contributed by atoms with van der Waals surface area (Å²) in [5, 5.41) is 5.63. The van der Waals surface area contributed by atoms with Crippen LogP contribution in [0.1, 0.15) is 26.5 Å². The Kier molecular flexibility index (Phi) is 6.51. The molecule has 2 amide bonds. The summed E-state index contributed by atoms with van der Waals surface area (Å²) < 4.78 is 5.31. The average Bonchev–Trinajstić information content (AvgIpc) is 2.68. The van der Waals surface area contributed by atoms with Gasteiger partial charge in [0.05, 0.1) is 24.5 Å². The van der Waals surface area contributed by atoms with Gasteiger partial charge in [0.2, 0.25) is 5.95 Å². The van der Waals surface area contributed by atoms with E-state index < -0.39 is 5.91 Å². The van der Waals surface area contributed by atoms with Gasteiger partial charge in [-0.15, -0.1) is 0 Å². The number of benzene rings is 1. The number of morpholine rings is 1. The maximum Gasteiger partial charge on any atom is 0.274 e. The van der Waals surface area contributed by atoms with Crippen LogP contribution < -0.4 is 16.4 Å². The summed E-state index contributed by atoms with van der Waals surface area (Å²) in [5.41, 5.74) is 7.14. The summed E-state index contributed by atoms with van der Waals surface area (Å²) in [6.45, 7) is 6.16. The number of ether oxygens (including phenoxy) is 1. The number of nitrogen functional groups attached to an aromatic ring is 1. The Balaban J connectivity index is 1.63. The third kappa shape index (κ3) is 5.24. The van der Waals surface area contributed by atoms with E-state index >= 15 is 0 Å². The molecule has 0 unspecified atom stereocenters. The zero-order valence-electron chi connectivity index (χ0n) is 15.8. The van der Waals surface area contributed by atoms with Crippen molar-refractivity contribution in [1.29, 1.82) is 0 Å². The molecule has 3 rings (SSSR count). The van der Waals surface area contributed by atoms with Gasteiger partial charge in [0, 0.05) is 31.9 Å². The Hall–Kier alpha value is -3.04. The summed E-state index contributed by atoms with van der Waals surface area (Å²) in [6.07, 6.45) is 0. The zero-order valence-corrected chi connectivity index (χ0v) is 15.8. The lowest BCUT2D eigenvalue weighted by Crippen LogP contribution is -2.41. The van der Waals surface area contributed by atoms with Crippen molar-refractivity contribution >= 4 is 23.5 Å². The normalized spacial score (nSPS) is 14.5. The van der Waals surface area contributed by atoms with Crippen molar-refractivity contribution in [3.63, 3.8) is 0 Å². The smallest absolute Gasteiger partial charge is 0.274 e. The van der Waals surface area contributed by atoms with E-state index in [1.54, 1.807) is 31.2 Å². The quantitative estimate of drug-likeness (QED) is 0.669. The molecule has 1 aromatic carbocycles. The molecule has 9 heteroatoms. The number of amides is 2. The summed E-state index contributed by atoms with van der Waals surface area (Å²) in [7, 11) is 0. The zero-order chi connectivity index (χ0) is 19.9. The fourth-order valence-electron chi connectivity index (χ4n) is 2.93. The minimum atomic E-state index is -0.453. The summed E-state index contributed by atoms with van der Waals surface area (Å²) >= 11 is 0. The van der Waals surface area contributed by atoms with Gasteiger partial charge in [-0.25, -0.2) is 9.97 Å². The molecule has 0 spiro atoms. The standard InChI is InChI=1S/C19H24N6O3/c1-13-12-16(24-19(20)22-13)18(27)23-15-5-3-2-4-14(15)17(26)21-6-7-25-8-10-28-11-9-25/h2-5,12H,6-11H2,1H3,(H,21,26)(H,23,27)(H2,20,22,24). The molecule has 2 aromatic rings. The highest BCUT2D eigenvalue weighted by atomic mass is 16.5. The summed E-state index contributed by atoms with van der Waals surface area (Å²) in [6, 6.07) is 8.38. The van der Waals surface area contributed by atoms with Crippen molar-refractivity contribution in [2.45, 2.75) is 6.92 Å². The van der Waals surface area contributed by atoms with Crippen molar-refractivity contribution in [1.82, 2.24) is 20.2 Å². The fraction of sp³-hybridized carbons (Fsp3) is 0.368. The Morgan fingerprint density at radius 1 is 1.18 bits per heavy atom. The number of para-hydroxylation sites is 1. The molecule has 1 aromatic heterocycles. The predicted molar refractivity (Wildman–Crippen MR) is 105 cm³/mol. The Morgan fingerprint density at radius 2 is 1.93 bits per heavy atom. The van der Waals surface area contributed by atoms with E-state index in [1.165, 1.54) is 6.07 Å². The molecule has 9 nitrogen and oxygen atoms in total. The minimum Gasteiger partial charge on any atom is -0.379 e. The number of rotatable bonds is 6. The number of aryl methyl sites for hydroxylation is 1. The summed E-state index contributed by atoms with van der Waals surface area (Å²) in [5.74, 6) is -0.674. The Bertz CT molecular complexity index is 831. The van der Waals surface area contributed by atoms with Crippen LogP contribution in [0.15, 0.2) is 30.3 Å². The van der Waals surface area contributed by atoms with Crippen LogP contribution in [0.3, 0.4) is 0 Å². The molecule has 2 heterocycles. The van der Waals surface area contributed by atoms with Gasteiger partial charge in [-0.2, -0.15) is 0 Å². The number of aromatic nitrogens is 2. The lowest BCUT2D eigenvalue weighted by molar-refractivity contribution is 0.0383.